The van der Waals surface area contributed by atoms with Crippen LogP contribution < -0.4 is 21.3 Å². The van der Waals surface area contributed by atoms with Gasteiger partial charge in [0.25, 0.3) is 11.8 Å². The normalized spacial score (nSPS) is 19.1. The number of likely N-dealkylation sites (N-methyl/N-ethyl adjacent to an activating group) is 1. The number of aryl methyl sites for hydroxylation is 1. The van der Waals surface area contributed by atoms with Crippen LogP contribution in [0.25, 0.3) is 0 Å². The third kappa shape index (κ3) is 12.2. The molecule has 1 aliphatic rings. The predicted molar refractivity (Wildman–Crippen MR) is 188 cm³/mol. The molecular weight excluding hydrogens is 612 g/mol. The molecule has 2 aromatic heterocycles. The van der Waals surface area contributed by atoms with E-state index in [0.29, 0.717) is 47.7 Å². The van der Waals surface area contributed by atoms with E-state index >= 15 is 0 Å². The number of amides is 2. The van der Waals surface area contributed by atoms with Crippen LogP contribution >= 0.6 is 0 Å². The summed E-state index contributed by atoms with van der Waals surface area (Å²) in [5.74, 6) is -0.522. The van der Waals surface area contributed by atoms with Gasteiger partial charge in [-0.15, -0.1) is 0 Å². The standard InChI is InChI=1S/C28H39N5O5.C6H5NO.C2H6/c1-6-19(12-20(7-2)29-4)27(36)32-22-13-24(33(5)16-22)28(37)31-21-10-8-18(9-11-21)15-30-23-14-25(34)38-17(3)26(23)35;8-5-6-3-1-2-4-7-6;1-2/h7-13,16-17,23,25-26,29-30,34-35H,6,14-15H2,1-5H3,(H,31,37)(H,32,36);1-5H;1-2H3/b19-12+,20-7+;;. The Morgan fingerprint density at radius 3 is 2.35 bits per heavy atom. The smallest absolute Gasteiger partial charge is 0.272 e. The number of carbonyl (C=O) groups excluding carboxylic acids is 3. The quantitative estimate of drug-likeness (QED) is 0.0982. The van der Waals surface area contributed by atoms with Gasteiger partial charge in [0.15, 0.2) is 12.6 Å². The van der Waals surface area contributed by atoms with Crippen LogP contribution in [0.3, 0.4) is 0 Å². The lowest BCUT2D eigenvalue weighted by Crippen LogP contribution is -2.53. The highest BCUT2D eigenvalue weighted by Crippen LogP contribution is 2.20. The molecule has 2 amide bonds. The highest BCUT2D eigenvalue weighted by molar-refractivity contribution is 6.07. The van der Waals surface area contributed by atoms with Gasteiger partial charge in [0.05, 0.1) is 17.9 Å². The summed E-state index contributed by atoms with van der Waals surface area (Å²) in [5, 5.41) is 32.1. The second-order valence-electron chi connectivity index (χ2n) is 10.7. The molecule has 0 saturated carbocycles. The Balaban J connectivity index is 0.000000690. The number of aromatic nitrogens is 2. The maximum atomic E-state index is 12.9. The predicted octanol–water partition coefficient (Wildman–Crippen LogP) is 4.54. The molecule has 48 heavy (non-hydrogen) atoms. The van der Waals surface area contributed by atoms with Crippen molar-refractivity contribution >= 4 is 29.5 Å². The number of aldehydes is 1. The molecule has 4 unspecified atom stereocenters. The van der Waals surface area contributed by atoms with Gasteiger partial charge in [0.1, 0.15) is 11.4 Å². The third-order valence-corrected chi connectivity index (χ3v) is 7.41. The molecule has 3 aromatic rings. The number of hydrogen-bond donors (Lipinski definition) is 6. The molecular formula is C36H50N6O6. The SMILES string of the molecule is C/C=C(\C=C(/CC)C(=O)Nc1cc(C(=O)Nc2ccc(CNC3CC(O)OC(C)C3O)cc2)n(C)c1)NC.CC.O=Cc1ccccn1. The summed E-state index contributed by atoms with van der Waals surface area (Å²) in [4.78, 5) is 39.3. The molecule has 1 aromatic carbocycles. The van der Waals surface area contributed by atoms with E-state index in [0.717, 1.165) is 17.5 Å². The van der Waals surface area contributed by atoms with Crippen LogP contribution in [0.1, 0.15) is 74.0 Å². The molecule has 0 aliphatic carbocycles. The highest BCUT2D eigenvalue weighted by Gasteiger charge is 2.34. The Morgan fingerprint density at radius 2 is 1.79 bits per heavy atom. The summed E-state index contributed by atoms with van der Waals surface area (Å²) >= 11 is 0. The van der Waals surface area contributed by atoms with Gasteiger partial charge in [-0.05, 0) is 62.2 Å². The summed E-state index contributed by atoms with van der Waals surface area (Å²) in [6, 6.07) is 13.9. The number of hydrogen-bond acceptors (Lipinski definition) is 9. The maximum absolute atomic E-state index is 12.9. The first-order chi connectivity index (χ1) is 23.1. The van der Waals surface area contributed by atoms with Crippen molar-refractivity contribution in [2.75, 3.05) is 17.7 Å². The van der Waals surface area contributed by atoms with E-state index in [1.54, 1.807) is 80.5 Å². The molecule has 12 nitrogen and oxygen atoms in total. The maximum Gasteiger partial charge on any atom is 0.272 e. The number of anilines is 2. The average Bonchev–Trinajstić information content (AvgIpc) is 3.47. The van der Waals surface area contributed by atoms with Crippen LogP contribution in [0.2, 0.25) is 0 Å². The number of benzene rings is 1. The zero-order valence-corrected chi connectivity index (χ0v) is 28.9. The van der Waals surface area contributed by atoms with Gasteiger partial charge in [-0.2, -0.15) is 0 Å². The van der Waals surface area contributed by atoms with E-state index in [2.05, 4.69) is 26.3 Å². The molecule has 3 heterocycles. The Morgan fingerprint density at radius 1 is 1.08 bits per heavy atom. The van der Waals surface area contributed by atoms with E-state index < -0.39 is 18.5 Å². The molecule has 4 atom stereocenters. The lowest BCUT2D eigenvalue weighted by atomic mass is 9.99. The molecule has 1 fully saturated rings. The average molecular weight is 663 g/mol. The van der Waals surface area contributed by atoms with Crippen molar-refractivity contribution in [2.45, 2.75) is 78.5 Å². The van der Waals surface area contributed by atoms with Gasteiger partial charge >= 0.3 is 0 Å². The summed E-state index contributed by atoms with van der Waals surface area (Å²) in [6.45, 7) is 10.0. The number of rotatable bonds is 11. The fourth-order valence-electron chi connectivity index (χ4n) is 4.75. The molecule has 0 bridgehead atoms. The minimum Gasteiger partial charge on any atom is -0.389 e. The van der Waals surface area contributed by atoms with Crippen LogP contribution in [0.4, 0.5) is 11.4 Å². The van der Waals surface area contributed by atoms with Crippen LogP contribution in [0, 0.1) is 0 Å². The van der Waals surface area contributed by atoms with Crippen molar-refractivity contribution < 1.29 is 29.3 Å². The second kappa shape index (κ2) is 20.6. The van der Waals surface area contributed by atoms with E-state index in [1.807, 2.05) is 45.9 Å². The van der Waals surface area contributed by atoms with Crippen molar-refractivity contribution in [2.24, 2.45) is 7.05 Å². The highest BCUT2D eigenvalue weighted by atomic mass is 16.6. The Bertz CT molecular complexity index is 1500. The number of aliphatic hydroxyl groups is 2. The summed E-state index contributed by atoms with van der Waals surface area (Å²) in [7, 11) is 3.55. The molecule has 1 aliphatic heterocycles. The molecule has 260 valence electrons. The van der Waals surface area contributed by atoms with E-state index in [-0.39, 0.29) is 17.9 Å². The number of pyridine rings is 1. The van der Waals surface area contributed by atoms with Crippen LogP contribution in [0.15, 0.2) is 84.3 Å². The summed E-state index contributed by atoms with van der Waals surface area (Å²) in [6.07, 6.45) is 6.52. The fourth-order valence-corrected chi connectivity index (χ4v) is 4.75. The third-order valence-electron chi connectivity index (χ3n) is 7.41. The first kappa shape index (κ1) is 39.6. The molecule has 1 saturated heterocycles. The van der Waals surface area contributed by atoms with Gasteiger partial charge in [-0.3, -0.25) is 19.4 Å². The molecule has 6 N–H and O–H groups in total. The Kier molecular flexibility index (Phi) is 17.0. The van der Waals surface area contributed by atoms with Crippen LogP contribution in [-0.4, -0.2) is 69.5 Å². The molecule has 0 radical (unpaired) electrons. The van der Waals surface area contributed by atoms with Crippen molar-refractivity contribution in [3.8, 4) is 0 Å². The van der Waals surface area contributed by atoms with E-state index in [4.69, 9.17) is 4.74 Å². The first-order valence-corrected chi connectivity index (χ1v) is 16.1. The minimum absolute atomic E-state index is 0.221. The Hall–Kier alpha value is -4.62. The van der Waals surface area contributed by atoms with Gasteiger partial charge in [0, 0.05) is 62.5 Å². The van der Waals surface area contributed by atoms with Crippen molar-refractivity contribution in [3.05, 3.63) is 101 Å². The Labute approximate surface area is 283 Å². The van der Waals surface area contributed by atoms with Crippen LogP contribution in [0.5, 0.6) is 0 Å². The van der Waals surface area contributed by atoms with Crippen molar-refractivity contribution in [1.82, 2.24) is 20.2 Å². The van der Waals surface area contributed by atoms with E-state index in [9.17, 15) is 24.6 Å². The molecule has 0 spiro atoms. The molecule has 4 rings (SSSR count). The summed E-state index contributed by atoms with van der Waals surface area (Å²) in [5.41, 5.74) is 4.47. The lowest BCUT2D eigenvalue weighted by Gasteiger charge is -2.36. The van der Waals surface area contributed by atoms with Gasteiger partial charge < -0.3 is 40.8 Å². The monoisotopic (exact) mass is 662 g/mol. The minimum atomic E-state index is -0.899. The zero-order valence-electron chi connectivity index (χ0n) is 28.9. The topological polar surface area (TPSA) is 167 Å². The number of carbonyl (C=O) groups is 3. The number of nitrogens with zero attached hydrogens (tertiary/aromatic N) is 2. The second-order valence-corrected chi connectivity index (χ2v) is 10.7. The number of nitrogens with one attached hydrogen (secondary N) is 4. The van der Waals surface area contributed by atoms with Crippen molar-refractivity contribution in [3.63, 3.8) is 0 Å². The largest absolute Gasteiger partial charge is 0.389 e. The lowest BCUT2D eigenvalue weighted by molar-refractivity contribution is -0.202. The van der Waals surface area contributed by atoms with Gasteiger partial charge in [0.2, 0.25) is 0 Å². The number of allylic oxidation sites excluding steroid dienone is 2. The first-order valence-electron chi connectivity index (χ1n) is 16.1. The summed E-state index contributed by atoms with van der Waals surface area (Å²) < 4.78 is 6.90. The number of aliphatic hydroxyl groups excluding tert-OH is 2. The van der Waals surface area contributed by atoms with Gasteiger partial charge in [-0.25, -0.2) is 0 Å². The van der Waals surface area contributed by atoms with Gasteiger partial charge in [-0.1, -0.05) is 45.0 Å². The number of ether oxygens (including phenoxy) is 1. The van der Waals surface area contributed by atoms with Crippen LogP contribution in [-0.2, 0) is 23.1 Å². The fraction of sp³-hybridized carbons (Fsp3) is 0.389. The van der Waals surface area contributed by atoms with Crippen molar-refractivity contribution in [1.29, 1.82) is 0 Å². The zero-order chi connectivity index (χ0) is 35.6. The molecule has 12 heteroatoms. The van der Waals surface area contributed by atoms with E-state index in [1.165, 1.54) is 0 Å².